The lowest BCUT2D eigenvalue weighted by molar-refractivity contribution is -0.149. The standard InChI is InChI=1S/C18H24ClNO3/c1-11(2)16(13-5-4-6-14(19)9-13)17(21)20-8-7-15(18(22)23)12(3)10-20/h4-6,9,11-12,15-16H,7-8,10H2,1-3H3,(H,22,23). The van der Waals surface area contributed by atoms with Gasteiger partial charge in [0.25, 0.3) is 0 Å². The van der Waals surface area contributed by atoms with Crippen molar-refractivity contribution < 1.29 is 14.7 Å². The summed E-state index contributed by atoms with van der Waals surface area (Å²) in [5.41, 5.74) is 0.922. The molecular weight excluding hydrogens is 314 g/mol. The smallest absolute Gasteiger partial charge is 0.306 e. The Bertz CT molecular complexity index is 587. The number of amides is 1. The van der Waals surface area contributed by atoms with Crippen LogP contribution in [0.2, 0.25) is 5.02 Å². The van der Waals surface area contributed by atoms with Gasteiger partial charge in [0, 0.05) is 18.1 Å². The number of benzene rings is 1. The largest absolute Gasteiger partial charge is 0.481 e. The summed E-state index contributed by atoms with van der Waals surface area (Å²) in [6.45, 7) is 6.96. The third kappa shape index (κ3) is 4.05. The van der Waals surface area contributed by atoms with Crippen molar-refractivity contribution in [3.05, 3.63) is 34.9 Å². The summed E-state index contributed by atoms with van der Waals surface area (Å²) in [5.74, 6) is -1.19. The number of carbonyl (C=O) groups excluding carboxylic acids is 1. The zero-order valence-corrected chi connectivity index (χ0v) is 14.6. The molecule has 23 heavy (non-hydrogen) atoms. The van der Waals surface area contributed by atoms with Gasteiger partial charge in [0.1, 0.15) is 0 Å². The fourth-order valence-corrected chi connectivity index (χ4v) is 3.62. The van der Waals surface area contributed by atoms with Gasteiger partial charge in [-0.1, -0.05) is 44.5 Å². The molecule has 3 unspecified atom stereocenters. The molecule has 1 aliphatic heterocycles. The van der Waals surface area contributed by atoms with Gasteiger partial charge in [-0.15, -0.1) is 0 Å². The second-order valence-electron chi connectivity index (χ2n) is 6.77. The number of hydrogen-bond acceptors (Lipinski definition) is 2. The molecule has 0 spiro atoms. The summed E-state index contributed by atoms with van der Waals surface area (Å²) in [4.78, 5) is 26.0. The number of carboxylic acid groups (broad SMARTS) is 1. The highest BCUT2D eigenvalue weighted by Crippen LogP contribution is 2.31. The lowest BCUT2D eigenvalue weighted by atomic mass is 9.83. The summed E-state index contributed by atoms with van der Waals surface area (Å²) >= 11 is 6.07. The predicted molar refractivity (Wildman–Crippen MR) is 90.5 cm³/mol. The van der Waals surface area contributed by atoms with Crippen LogP contribution in [-0.4, -0.2) is 35.0 Å². The van der Waals surface area contributed by atoms with E-state index in [4.69, 9.17) is 11.6 Å². The molecule has 1 aromatic carbocycles. The first-order chi connectivity index (χ1) is 10.8. The average Bonchev–Trinajstić information content (AvgIpc) is 2.46. The van der Waals surface area contributed by atoms with Crippen LogP contribution in [0.1, 0.15) is 38.7 Å². The maximum Gasteiger partial charge on any atom is 0.306 e. The fourth-order valence-electron chi connectivity index (χ4n) is 3.42. The van der Waals surface area contributed by atoms with Crippen LogP contribution in [0.3, 0.4) is 0 Å². The third-order valence-electron chi connectivity index (χ3n) is 4.67. The van der Waals surface area contributed by atoms with E-state index in [0.29, 0.717) is 24.5 Å². The van der Waals surface area contributed by atoms with E-state index in [1.807, 2.05) is 43.9 Å². The number of halogens is 1. The van der Waals surface area contributed by atoms with E-state index >= 15 is 0 Å². The first kappa shape index (κ1) is 17.8. The molecule has 1 aliphatic rings. The summed E-state index contributed by atoms with van der Waals surface area (Å²) in [7, 11) is 0. The van der Waals surface area contributed by atoms with Crippen molar-refractivity contribution in [1.29, 1.82) is 0 Å². The van der Waals surface area contributed by atoms with Crippen molar-refractivity contribution in [2.24, 2.45) is 17.8 Å². The summed E-state index contributed by atoms with van der Waals surface area (Å²) < 4.78 is 0. The Hall–Kier alpha value is -1.55. The van der Waals surface area contributed by atoms with Crippen LogP contribution in [-0.2, 0) is 9.59 Å². The molecule has 1 aromatic rings. The molecule has 3 atom stereocenters. The molecule has 0 bridgehead atoms. The van der Waals surface area contributed by atoms with Gasteiger partial charge in [0.2, 0.25) is 5.91 Å². The Kier molecular flexibility index (Phi) is 5.69. The number of aliphatic carboxylic acids is 1. The SMILES string of the molecule is CC(C)C(C(=O)N1CCC(C(=O)O)C(C)C1)c1cccc(Cl)c1. The number of likely N-dealkylation sites (tertiary alicyclic amines) is 1. The van der Waals surface area contributed by atoms with Gasteiger partial charge in [-0.3, -0.25) is 9.59 Å². The van der Waals surface area contributed by atoms with Crippen LogP contribution >= 0.6 is 11.6 Å². The van der Waals surface area contributed by atoms with Crippen LogP contribution in [0.15, 0.2) is 24.3 Å². The fraction of sp³-hybridized carbons (Fsp3) is 0.556. The molecule has 0 aliphatic carbocycles. The first-order valence-electron chi connectivity index (χ1n) is 8.08. The van der Waals surface area contributed by atoms with Gasteiger partial charge in [-0.05, 0) is 36.0 Å². The molecule has 1 saturated heterocycles. The van der Waals surface area contributed by atoms with Gasteiger partial charge < -0.3 is 10.0 Å². The number of carboxylic acids is 1. The second-order valence-corrected chi connectivity index (χ2v) is 7.21. The normalized spacial score (nSPS) is 22.9. The van der Waals surface area contributed by atoms with E-state index in [0.717, 1.165) is 5.56 Å². The van der Waals surface area contributed by atoms with Crippen molar-refractivity contribution in [3.8, 4) is 0 Å². The van der Waals surface area contributed by atoms with Gasteiger partial charge in [-0.25, -0.2) is 0 Å². The van der Waals surface area contributed by atoms with Crippen LogP contribution in [0.5, 0.6) is 0 Å². The number of rotatable bonds is 4. The highest BCUT2D eigenvalue weighted by atomic mass is 35.5. The van der Waals surface area contributed by atoms with E-state index in [2.05, 4.69) is 0 Å². The molecule has 4 nitrogen and oxygen atoms in total. The zero-order valence-electron chi connectivity index (χ0n) is 13.8. The average molecular weight is 338 g/mol. The Morgan fingerprint density at radius 2 is 2.04 bits per heavy atom. The minimum absolute atomic E-state index is 0.0302. The summed E-state index contributed by atoms with van der Waals surface area (Å²) in [6, 6.07) is 7.44. The molecule has 1 N–H and O–H groups in total. The van der Waals surface area contributed by atoms with Gasteiger partial charge in [-0.2, -0.15) is 0 Å². The van der Waals surface area contributed by atoms with Crippen LogP contribution in [0.4, 0.5) is 0 Å². The zero-order chi connectivity index (χ0) is 17.1. The lowest BCUT2D eigenvalue weighted by Crippen LogP contribution is -2.47. The van der Waals surface area contributed by atoms with Crippen molar-refractivity contribution in [2.75, 3.05) is 13.1 Å². The van der Waals surface area contributed by atoms with Crippen molar-refractivity contribution in [3.63, 3.8) is 0 Å². The summed E-state index contributed by atoms with van der Waals surface area (Å²) in [5, 5.41) is 9.85. The number of piperidine rings is 1. The topological polar surface area (TPSA) is 57.6 Å². The highest BCUT2D eigenvalue weighted by Gasteiger charge is 2.36. The lowest BCUT2D eigenvalue weighted by Gasteiger charge is -2.37. The molecule has 126 valence electrons. The maximum atomic E-state index is 13.0. The molecule has 2 rings (SSSR count). The van der Waals surface area contributed by atoms with Crippen LogP contribution in [0, 0.1) is 17.8 Å². The molecule has 5 heteroatoms. The van der Waals surface area contributed by atoms with E-state index in [1.54, 1.807) is 6.07 Å². The van der Waals surface area contributed by atoms with Gasteiger partial charge in [0.15, 0.2) is 0 Å². The molecule has 0 radical (unpaired) electrons. The van der Waals surface area contributed by atoms with Crippen LogP contribution in [0.25, 0.3) is 0 Å². The molecule has 1 amide bonds. The Morgan fingerprint density at radius 3 is 2.57 bits per heavy atom. The van der Waals surface area contributed by atoms with Crippen molar-refractivity contribution >= 4 is 23.5 Å². The van der Waals surface area contributed by atoms with Crippen molar-refractivity contribution in [2.45, 2.75) is 33.1 Å². The molecule has 1 fully saturated rings. The third-order valence-corrected chi connectivity index (χ3v) is 4.91. The quantitative estimate of drug-likeness (QED) is 0.912. The second kappa shape index (κ2) is 7.35. The number of carbonyl (C=O) groups is 2. The maximum absolute atomic E-state index is 13.0. The van der Waals surface area contributed by atoms with E-state index < -0.39 is 5.97 Å². The predicted octanol–water partition coefficient (Wildman–Crippen LogP) is 3.65. The summed E-state index contributed by atoms with van der Waals surface area (Å²) in [6.07, 6.45) is 0.516. The molecular formula is C18H24ClNO3. The van der Waals surface area contributed by atoms with E-state index in [1.165, 1.54) is 0 Å². The minimum atomic E-state index is -0.764. The molecule has 0 saturated carbocycles. The van der Waals surface area contributed by atoms with E-state index in [9.17, 15) is 14.7 Å². The molecule has 1 heterocycles. The Balaban J connectivity index is 2.18. The van der Waals surface area contributed by atoms with Crippen LogP contribution < -0.4 is 0 Å². The monoisotopic (exact) mass is 337 g/mol. The minimum Gasteiger partial charge on any atom is -0.481 e. The number of hydrogen-bond donors (Lipinski definition) is 1. The first-order valence-corrected chi connectivity index (χ1v) is 8.46. The van der Waals surface area contributed by atoms with Gasteiger partial charge in [0.05, 0.1) is 11.8 Å². The van der Waals surface area contributed by atoms with E-state index in [-0.39, 0.29) is 29.6 Å². The highest BCUT2D eigenvalue weighted by molar-refractivity contribution is 6.30. The number of nitrogens with zero attached hydrogens (tertiary/aromatic N) is 1. The molecule has 0 aromatic heterocycles. The van der Waals surface area contributed by atoms with Gasteiger partial charge >= 0.3 is 5.97 Å². The van der Waals surface area contributed by atoms with Crippen molar-refractivity contribution in [1.82, 2.24) is 4.90 Å². The Labute approximate surface area is 142 Å². The Morgan fingerprint density at radius 1 is 1.35 bits per heavy atom.